The molecule has 1 rings (SSSR count). The van der Waals surface area contributed by atoms with E-state index in [-0.39, 0.29) is 12.1 Å². The number of nitrogens with zero attached hydrogens (tertiary/aromatic N) is 1. The quantitative estimate of drug-likeness (QED) is 0.849. The molecule has 0 aliphatic heterocycles. The number of likely N-dealkylation sites (N-methyl/N-ethyl adjacent to an activating group) is 1. The summed E-state index contributed by atoms with van der Waals surface area (Å²) in [4.78, 5) is 2.00. The maximum absolute atomic E-state index is 9.30. The van der Waals surface area contributed by atoms with Crippen LogP contribution in [0.15, 0.2) is 18.2 Å². The van der Waals surface area contributed by atoms with Crippen LogP contribution in [0.4, 0.5) is 5.69 Å². The van der Waals surface area contributed by atoms with E-state index in [1.165, 1.54) is 0 Å². The monoisotopic (exact) mass is 242 g/mol. The molecule has 0 aliphatic carbocycles. The Morgan fingerprint density at radius 1 is 1.44 bits per heavy atom. The van der Waals surface area contributed by atoms with E-state index in [0.717, 1.165) is 11.3 Å². The fourth-order valence-corrected chi connectivity index (χ4v) is 1.62. The summed E-state index contributed by atoms with van der Waals surface area (Å²) < 4.78 is 0. The summed E-state index contributed by atoms with van der Waals surface area (Å²) in [6, 6.07) is 5.76. The first-order valence-electron chi connectivity index (χ1n) is 5.25. The lowest BCUT2D eigenvalue weighted by atomic mass is 10.0. The molecule has 3 nitrogen and oxygen atoms in total. The summed E-state index contributed by atoms with van der Waals surface area (Å²) in [7, 11) is 1.93. The molecule has 0 aliphatic rings. The van der Waals surface area contributed by atoms with Crippen molar-refractivity contribution >= 4 is 17.3 Å². The maximum Gasteiger partial charge on any atom is 0.0658 e. The highest BCUT2D eigenvalue weighted by molar-refractivity contribution is 6.31. The number of hydrogen-bond donors (Lipinski definition) is 2. The molecule has 16 heavy (non-hydrogen) atoms. The second-order valence-corrected chi connectivity index (χ2v) is 4.92. The summed E-state index contributed by atoms with van der Waals surface area (Å²) in [5.41, 5.74) is 7.14. The van der Waals surface area contributed by atoms with Gasteiger partial charge < -0.3 is 15.7 Å². The van der Waals surface area contributed by atoms with Gasteiger partial charge in [0, 0.05) is 24.3 Å². The standard InChI is InChI=1S/C12H19ClN2O/c1-12(2,8-16)15(3)10-5-4-9(7-14)11(13)6-10/h4-6,16H,7-8,14H2,1-3H3. The van der Waals surface area contributed by atoms with E-state index in [4.69, 9.17) is 17.3 Å². The van der Waals surface area contributed by atoms with E-state index in [1.807, 2.05) is 44.0 Å². The fraction of sp³-hybridized carbons (Fsp3) is 0.500. The average Bonchev–Trinajstić information content (AvgIpc) is 2.27. The molecule has 3 N–H and O–H groups in total. The summed E-state index contributed by atoms with van der Waals surface area (Å²) in [5, 5.41) is 9.97. The molecule has 0 aromatic heterocycles. The van der Waals surface area contributed by atoms with E-state index in [9.17, 15) is 5.11 Å². The summed E-state index contributed by atoms with van der Waals surface area (Å²) in [6.45, 7) is 4.46. The van der Waals surface area contributed by atoms with Crippen LogP contribution in [0.25, 0.3) is 0 Å². The second-order valence-electron chi connectivity index (χ2n) is 4.51. The molecule has 0 saturated heterocycles. The Balaban J connectivity index is 3.02. The molecule has 0 radical (unpaired) electrons. The lowest BCUT2D eigenvalue weighted by Gasteiger charge is -2.36. The van der Waals surface area contributed by atoms with Gasteiger partial charge in [0.25, 0.3) is 0 Å². The number of anilines is 1. The summed E-state index contributed by atoms with van der Waals surface area (Å²) in [6.07, 6.45) is 0. The fourth-order valence-electron chi connectivity index (χ4n) is 1.37. The van der Waals surface area contributed by atoms with Gasteiger partial charge in [0.15, 0.2) is 0 Å². The number of nitrogens with two attached hydrogens (primary N) is 1. The van der Waals surface area contributed by atoms with Gasteiger partial charge in [-0.3, -0.25) is 0 Å². The largest absolute Gasteiger partial charge is 0.394 e. The molecule has 1 aromatic carbocycles. The molecular formula is C12H19ClN2O. The first-order valence-corrected chi connectivity index (χ1v) is 5.63. The van der Waals surface area contributed by atoms with Crippen molar-refractivity contribution < 1.29 is 5.11 Å². The zero-order valence-corrected chi connectivity index (χ0v) is 10.8. The Kier molecular flexibility index (Phi) is 4.19. The average molecular weight is 243 g/mol. The molecule has 0 bridgehead atoms. The van der Waals surface area contributed by atoms with Crippen molar-refractivity contribution in [1.82, 2.24) is 0 Å². The number of hydrogen-bond acceptors (Lipinski definition) is 3. The van der Waals surface area contributed by atoms with Crippen molar-refractivity contribution in [3.8, 4) is 0 Å². The van der Waals surface area contributed by atoms with Crippen molar-refractivity contribution in [1.29, 1.82) is 0 Å². The Labute approximate surface area is 102 Å². The van der Waals surface area contributed by atoms with Gasteiger partial charge in [0.2, 0.25) is 0 Å². The molecule has 4 heteroatoms. The first-order chi connectivity index (χ1) is 7.42. The van der Waals surface area contributed by atoms with Crippen LogP contribution < -0.4 is 10.6 Å². The van der Waals surface area contributed by atoms with Crippen LogP contribution in [0.1, 0.15) is 19.4 Å². The van der Waals surface area contributed by atoms with Gasteiger partial charge >= 0.3 is 0 Å². The SMILES string of the molecule is CN(c1ccc(CN)c(Cl)c1)C(C)(C)CO. The number of rotatable bonds is 4. The van der Waals surface area contributed by atoms with E-state index in [2.05, 4.69) is 0 Å². The lowest BCUT2D eigenvalue weighted by molar-refractivity contribution is 0.216. The highest BCUT2D eigenvalue weighted by atomic mass is 35.5. The van der Waals surface area contributed by atoms with Crippen LogP contribution in [-0.4, -0.2) is 24.3 Å². The third-order valence-corrected chi connectivity index (χ3v) is 3.29. The molecule has 1 aromatic rings. The van der Waals surface area contributed by atoms with Crippen molar-refractivity contribution in [2.24, 2.45) is 5.73 Å². The van der Waals surface area contributed by atoms with Crippen LogP contribution >= 0.6 is 11.6 Å². The molecule has 90 valence electrons. The van der Waals surface area contributed by atoms with Gasteiger partial charge in [-0.15, -0.1) is 0 Å². The van der Waals surface area contributed by atoms with Gasteiger partial charge in [0.1, 0.15) is 0 Å². The highest BCUT2D eigenvalue weighted by Gasteiger charge is 2.22. The highest BCUT2D eigenvalue weighted by Crippen LogP contribution is 2.27. The Morgan fingerprint density at radius 3 is 2.50 bits per heavy atom. The molecule has 0 unspecified atom stereocenters. The third kappa shape index (κ3) is 2.67. The van der Waals surface area contributed by atoms with Gasteiger partial charge in [-0.1, -0.05) is 17.7 Å². The van der Waals surface area contributed by atoms with Crippen molar-refractivity contribution in [3.63, 3.8) is 0 Å². The van der Waals surface area contributed by atoms with Crippen LogP contribution in [-0.2, 0) is 6.54 Å². The number of aliphatic hydroxyl groups excluding tert-OH is 1. The van der Waals surface area contributed by atoms with Crippen LogP contribution in [0.3, 0.4) is 0 Å². The molecule has 0 saturated carbocycles. The van der Waals surface area contributed by atoms with Gasteiger partial charge in [0.05, 0.1) is 12.1 Å². The molecule has 0 amide bonds. The van der Waals surface area contributed by atoms with E-state index < -0.39 is 0 Å². The smallest absolute Gasteiger partial charge is 0.0658 e. The Morgan fingerprint density at radius 2 is 2.06 bits per heavy atom. The zero-order chi connectivity index (χ0) is 12.3. The number of halogens is 1. The van der Waals surface area contributed by atoms with E-state index >= 15 is 0 Å². The molecule has 0 fully saturated rings. The Hall–Kier alpha value is -0.770. The molecule has 0 heterocycles. The minimum Gasteiger partial charge on any atom is -0.394 e. The van der Waals surface area contributed by atoms with Crippen LogP contribution in [0.2, 0.25) is 5.02 Å². The summed E-state index contributed by atoms with van der Waals surface area (Å²) in [5.74, 6) is 0. The predicted molar refractivity (Wildman–Crippen MR) is 68.9 cm³/mol. The van der Waals surface area contributed by atoms with Crippen LogP contribution in [0, 0.1) is 0 Å². The maximum atomic E-state index is 9.30. The third-order valence-electron chi connectivity index (χ3n) is 2.94. The molecule has 0 atom stereocenters. The molecule has 0 spiro atoms. The van der Waals surface area contributed by atoms with Crippen molar-refractivity contribution in [2.45, 2.75) is 25.9 Å². The van der Waals surface area contributed by atoms with Gasteiger partial charge in [-0.05, 0) is 31.5 Å². The number of benzene rings is 1. The minimum absolute atomic E-state index is 0.0831. The van der Waals surface area contributed by atoms with Crippen LogP contribution in [0.5, 0.6) is 0 Å². The minimum atomic E-state index is -0.312. The Bertz CT molecular complexity index is 366. The molecular weight excluding hydrogens is 224 g/mol. The van der Waals surface area contributed by atoms with Gasteiger partial charge in [-0.25, -0.2) is 0 Å². The van der Waals surface area contributed by atoms with Crippen molar-refractivity contribution in [3.05, 3.63) is 28.8 Å². The van der Waals surface area contributed by atoms with E-state index in [1.54, 1.807) is 0 Å². The van der Waals surface area contributed by atoms with Gasteiger partial charge in [-0.2, -0.15) is 0 Å². The summed E-state index contributed by atoms with van der Waals surface area (Å²) >= 11 is 6.10. The van der Waals surface area contributed by atoms with E-state index in [0.29, 0.717) is 11.6 Å². The topological polar surface area (TPSA) is 49.5 Å². The second kappa shape index (κ2) is 5.04. The lowest BCUT2D eigenvalue weighted by Crippen LogP contribution is -2.44. The van der Waals surface area contributed by atoms with Crippen molar-refractivity contribution in [2.75, 3.05) is 18.6 Å². The zero-order valence-electron chi connectivity index (χ0n) is 10.00. The number of aliphatic hydroxyl groups is 1. The predicted octanol–water partition coefficient (Wildman–Crippen LogP) is 2.01. The first kappa shape index (κ1) is 13.3. The normalized spacial score (nSPS) is 11.6.